The van der Waals surface area contributed by atoms with Gasteiger partial charge in [-0.1, -0.05) is 68.2 Å². The monoisotopic (exact) mass is 638 g/mol. The van der Waals surface area contributed by atoms with E-state index in [-0.39, 0.29) is 31.0 Å². The van der Waals surface area contributed by atoms with Crippen molar-refractivity contribution in [2.75, 3.05) is 19.7 Å². The Kier molecular flexibility index (Phi) is 8.77. The molecule has 5 rings (SSSR count). The fourth-order valence-corrected chi connectivity index (χ4v) is 6.34. The molecular formula is C34H40Cl2N4O4. The first kappa shape index (κ1) is 32.2. The van der Waals surface area contributed by atoms with Crippen LogP contribution in [0.2, 0.25) is 10.0 Å². The normalized spacial score (nSPS) is 25.6. The summed E-state index contributed by atoms with van der Waals surface area (Å²) in [6.07, 6.45) is 0.0269. The van der Waals surface area contributed by atoms with E-state index < -0.39 is 23.3 Å². The number of amidine groups is 1. The predicted octanol–water partition coefficient (Wildman–Crippen LogP) is 6.53. The summed E-state index contributed by atoms with van der Waals surface area (Å²) in [5.74, 6) is 0.957. The maximum atomic E-state index is 14.8. The number of hydrogen-bond donors (Lipinski definition) is 2. The first-order valence-electron chi connectivity index (χ1n) is 14.9. The van der Waals surface area contributed by atoms with E-state index in [0.717, 1.165) is 16.8 Å². The summed E-state index contributed by atoms with van der Waals surface area (Å²) in [6, 6.07) is 16.5. The molecule has 4 atom stereocenters. The lowest BCUT2D eigenvalue weighted by molar-refractivity contribution is -0.0323. The third-order valence-corrected chi connectivity index (χ3v) is 9.44. The molecule has 8 nitrogen and oxygen atoms in total. The van der Waals surface area contributed by atoms with Crippen LogP contribution in [-0.4, -0.2) is 68.8 Å². The molecule has 2 aliphatic rings. The van der Waals surface area contributed by atoms with Crippen LogP contribution in [-0.2, 0) is 16.5 Å². The Morgan fingerprint density at radius 3 is 2.14 bits per heavy atom. The average molecular weight is 640 g/mol. The number of piperidine rings is 1. The number of likely N-dealkylation sites (tertiary alicyclic amines) is 1. The number of hydrogen-bond acceptors (Lipinski definition) is 6. The molecule has 1 saturated heterocycles. The summed E-state index contributed by atoms with van der Waals surface area (Å²) in [6.45, 7) is 12.8. The van der Waals surface area contributed by atoms with E-state index in [9.17, 15) is 15.0 Å². The van der Waals surface area contributed by atoms with E-state index in [2.05, 4.69) is 20.8 Å². The Hall–Kier alpha value is -3.17. The highest BCUT2D eigenvalue weighted by atomic mass is 35.5. The fourth-order valence-electron chi connectivity index (χ4n) is 6.09. The Balaban J connectivity index is 1.80. The number of ether oxygens (including phenoxy) is 1. The molecule has 2 unspecified atom stereocenters. The number of aliphatic imine (C=N–C) groups is 1. The van der Waals surface area contributed by atoms with E-state index in [1.165, 1.54) is 0 Å². The molecule has 10 heteroatoms. The number of urea groups is 1. The molecule has 0 saturated carbocycles. The SMILES string of the molecule is CCOc1cc(C(C)(C)C)ncc1C1=N[C@@](C)(c2ccc(Cl)cc2)[C@@](C)(c2ccc(Cl)cc2)N1C(=O)N1CCC(O)C(O)C1. The lowest BCUT2D eigenvalue weighted by atomic mass is 9.71. The molecule has 2 N–H and O–H groups in total. The summed E-state index contributed by atoms with van der Waals surface area (Å²) in [7, 11) is 0. The average Bonchev–Trinajstić information content (AvgIpc) is 3.22. The third-order valence-electron chi connectivity index (χ3n) is 8.93. The van der Waals surface area contributed by atoms with Crippen molar-refractivity contribution in [3.05, 3.63) is 93.2 Å². The molecule has 2 aromatic carbocycles. The van der Waals surface area contributed by atoms with Crippen molar-refractivity contribution >= 4 is 35.1 Å². The summed E-state index contributed by atoms with van der Waals surface area (Å²) in [4.78, 5) is 28.3. The summed E-state index contributed by atoms with van der Waals surface area (Å²) < 4.78 is 6.19. The van der Waals surface area contributed by atoms with Crippen molar-refractivity contribution in [1.29, 1.82) is 0 Å². The molecule has 0 aliphatic carbocycles. The van der Waals surface area contributed by atoms with E-state index in [1.54, 1.807) is 28.1 Å². The lowest BCUT2D eigenvalue weighted by Crippen LogP contribution is -2.60. The number of carbonyl (C=O) groups is 1. The predicted molar refractivity (Wildman–Crippen MR) is 174 cm³/mol. The maximum absolute atomic E-state index is 14.8. The number of amides is 2. The Morgan fingerprint density at radius 1 is 1.00 bits per heavy atom. The summed E-state index contributed by atoms with van der Waals surface area (Å²) in [5, 5.41) is 22.0. The maximum Gasteiger partial charge on any atom is 0.326 e. The highest BCUT2D eigenvalue weighted by Crippen LogP contribution is 2.54. The van der Waals surface area contributed by atoms with E-state index >= 15 is 0 Å². The zero-order chi connectivity index (χ0) is 32.0. The largest absolute Gasteiger partial charge is 0.493 e. The number of aromatic nitrogens is 1. The van der Waals surface area contributed by atoms with Crippen LogP contribution in [0.5, 0.6) is 5.75 Å². The van der Waals surface area contributed by atoms with Crippen LogP contribution in [0.15, 0.2) is 65.8 Å². The van der Waals surface area contributed by atoms with Crippen LogP contribution in [0.1, 0.15) is 70.3 Å². The number of halogens is 2. The van der Waals surface area contributed by atoms with Crippen LogP contribution < -0.4 is 4.74 Å². The lowest BCUT2D eigenvalue weighted by Gasteiger charge is -2.47. The number of aliphatic hydroxyl groups excluding tert-OH is 2. The van der Waals surface area contributed by atoms with Gasteiger partial charge < -0.3 is 19.8 Å². The van der Waals surface area contributed by atoms with Gasteiger partial charge in [0.25, 0.3) is 0 Å². The van der Waals surface area contributed by atoms with Gasteiger partial charge in [0.2, 0.25) is 0 Å². The summed E-state index contributed by atoms with van der Waals surface area (Å²) >= 11 is 12.7. The van der Waals surface area contributed by atoms with Gasteiger partial charge in [0.1, 0.15) is 22.7 Å². The molecule has 234 valence electrons. The zero-order valence-electron chi connectivity index (χ0n) is 26.0. The van der Waals surface area contributed by atoms with Crippen molar-refractivity contribution in [2.24, 2.45) is 4.99 Å². The van der Waals surface area contributed by atoms with Gasteiger partial charge in [0, 0.05) is 40.0 Å². The standard InChI is InChI=1S/C34H40Cl2N4O4/c1-7-44-28-18-29(32(2,3)4)37-19-25(28)30-38-33(5,21-8-12-23(35)13-9-21)34(6,22-10-14-24(36)15-11-22)40(30)31(43)39-17-16-26(41)27(42)20-39/h8-15,18-19,26-27,41-42H,7,16-17,20H2,1-6H3/t26?,27?,33-,34+/m0/s1. The van der Waals surface area contributed by atoms with Crippen molar-refractivity contribution < 1.29 is 19.7 Å². The molecular weight excluding hydrogens is 599 g/mol. The molecule has 1 fully saturated rings. The van der Waals surface area contributed by atoms with E-state index in [4.69, 9.17) is 37.9 Å². The Bertz CT molecular complexity index is 1560. The zero-order valence-corrected chi connectivity index (χ0v) is 27.5. The molecule has 3 heterocycles. The Labute approximate surface area is 269 Å². The van der Waals surface area contributed by atoms with E-state index in [0.29, 0.717) is 33.8 Å². The van der Waals surface area contributed by atoms with Crippen molar-refractivity contribution in [2.45, 2.75) is 76.7 Å². The van der Waals surface area contributed by atoms with Crippen molar-refractivity contribution in [1.82, 2.24) is 14.8 Å². The number of carbonyl (C=O) groups excluding carboxylic acids is 1. The molecule has 0 bridgehead atoms. The molecule has 1 aromatic heterocycles. The number of nitrogens with zero attached hydrogens (tertiary/aromatic N) is 4. The first-order chi connectivity index (χ1) is 20.7. The highest BCUT2D eigenvalue weighted by molar-refractivity contribution is 6.30. The van der Waals surface area contributed by atoms with Gasteiger partial charge >= 0.3 is 6.03 Å². The quantitative estimate of drug-likeness (QED) is 0.331. The van der Waals surface area contributed by atoms with Gasteiger partial charge in [-0.15, -0.1) is 0 Å². The van der Waals surface area contributed by atoms with Gasteiger partial charge in [-0.05, 0) is 62.6 Å². The molecule has 44 heavy (non-hydrogen) atoms. The van der Waals surface area contributed by atoms with Gasteiger partial charge in [-0.25, -0.2) is 4.79 Å². The first-order valence-corrected chi connectivity index (χ1v) is 15.7. The van der Waals surface area contributed by atoms with Crippen LogP contribution in [0, 0.1) is 0 Å². The minimum Gasteiger partial charge on any atom is -0.493 e. The number of pyridine rings is 1. The molecule has 0 radical (unpaired) electrons. The number of rotatable bonds is 5. The summed E-state index contributed by atoms with van der Waals surface area (Å²) in [5.41, 5.74) is 0.720. The van der Waals surface area contributed by atoms with Crippen LogP contribution in [0.3, 0.4) is 0 Å². The number of benzene rings is 2. The van der Waals surface area contributed by atoms with Crippen LogP contribution in [0.4, 0.5) is 4.79 Å². The molecule has 0 spiro atoms. The molecule has 2 amide bonds. The topological polar surface area (TPSA) is 98.5 Å². The van der Waals surface area contributed by atoms with Gasteiger partial charge in [0.05, 0.1) is 30.9 Å². The smallest absolute Gasteiger partial charge is 0.326 e. The second-order valence-electron chi connectivity index (χ2n) is 12.8. The minimum atomic E-state index is -1.09. The van der Waals surface area contributed by atoms with Crippen LogP contribution >= 0.6 is 23.2 Å². The van der Waals surface area contributed by atoms with E-state index in [1.807, 2.05) is 63.2 Å². The van der Waals surface area contributed by atoms with Gasteiger partial charge in [0.15, 0.2) is 0 Å². The minimum absolute atomic E-state index is 0.0162. The number of β-amino-alcohol motifs (C(OH)–C–C–N with tert-alkyl or cyclic N) is 1. The second kappa shape index (κ2) is 12.0. The van der Waals surface area contributed by atoms with Gasteiger partial charge in [-0.2, -0.15) is 0 Å². The molecule has 3 aromatic rings. The third kappa shape index (κ3) is 5.58. The van der Waals surface area contributed by atoms with Crippen LogP contribution in [0.25, 0.3) is 0 Å². The fraction of sp³-hybridized carbons (Fsp3) is 0.441. The second-order valence-corrected chi connectivity index (χ2v) is 13.7. The van der Waals surface area contributed by atoms with Crippen molar-refractivity contribution in [3.63, 3.8) is 0 Å². The Morgan fingerprint density at radius 2 is 1.59 bits per heavy atom. The van der Waals surface area contributed by atoms with Gasteiger partial charge in [-0.3, -0.25) is 14.9 Å². The number of aliphatic hydroxyl groups is 2. The highest BCUT2D eigenvalue weighted by Gasteiger charge is 2.60. The van der Waals surface area contributed by atoms with Crippen molar-refractivity contribution in [3.8, 4) is 5.75 Å². The molecule has 2 aliphatic heterocycles.